The molecule has 1 saturated heterocycles. The van der Waals surface area contributed by atoms with Crippen molar-refractivity contribution < 1.29 is 4.74 Å². The van der Waals surface area contributed by atoms with E-state index in [1.807, 2.05) is 0 Å². The summed E-state index contributed by atoms with van der Waals surface area (Å²) in [6, 6.07) is 0. The smallest absolute Gasteiger partial charge is 0.191 e. The molecule has 0 saturated carbocycles. The molecule has 1 heterocycles. The molecule has 0 radical (unpaired) electrons. The number of ether oxygens (including phenoxy) is 1. The quantitative estimate of drug-likeness (QED) is 0.325. The molecule has 108 valence electrons. The first kappa shape index (κ1) is 17.9. The number of rotatable bonds is 5. The number of nitrogens with zero attached hydrogens (tertiary/aromatic N) is 2. The maximum absolute atomic E-state index is 4.99. The van der Waals surface area contributed by atoms with Crippen molar-refractivity contribution in [2.24, 2.45) is 10.9 Å². The maximum Gasteiger partial charge on any atom is 0.191 e. The monoisotopic (exact) mass is 370 g/mol. The Morgan fingerprint density at radius 1 is 1.33 bits per heavy atom. The maximum atomic E-state index is 4.99. The van der Waals surface area contributed by atoms with Crippen molar-refractivity contribution in [1.29, 1.82) is 0 Å². The number of halogens is 1. The molecule has 1 aliphatic heterocycles. The van der Waals surface area contributed by atoms with Crippen molar-refractivity contribution in [3.63, 3.8) is 0 Å². The van der Waals surface area contributed by atoms with Gasteiger partial charge in [-0.3, -0.25) is 4.99 Å². The Balaban J connectivity index is 0.00000289. The van der Waals surface area contributed by atoms with Crippen LogP contribution in [0.5, 0.6) is 0 Å². The van der Waals surface area contributed by atoms with Crippen LogP contribution in [-0.4, -0.2) is 64.9 Å². The zero-order chi connectivity index (χ0) is 12.5. The molecule has 18 heavy (non-hydrogen) atoms. The third-order valence-corrected chi connectivity index (χ3v) is 3.22. The van der Waals surface area contributed by atoms with Crippen LogP contribution in [0.3, 0.4) is 0 Å². The molecule has 1 rings (SSSR count). The average Bonchev–Trinajstić information content (AvgIpc) is 2.35. The summed E-state index contributed by atoms with van der Waals surface area (Å²) in [5.41, 5.74) is 0. The van der Waals surface area contributed by atoms with Gasteiger partial charge in [-0.25, -0.2) is 0 Å². The molecule has 0 aliphatic carbocycles. The van der Waals surface area contributed by atoms with Crippen LogP contribution in [0.2, 0.25) is 0 Å². The molecule has 5 nitrogen and oxygen atoms in total. The van der Waals surface area contributed by atoms with Crippen LogP contribution in [0.25, 0.3) is 0 Å². The van der Waals surface area contributed by atoms with Gasteiger partial charge in [-0.1, -0.05) is 0 Å². The third kappa shape index (κ3) is 7.38. The number of hydrogen-bond acceptors (Lipinski definition) is 3. The highest BCUT2D eigenvalue weighted by molar-refractivity contribution is 14.0. The second kappa shape index (κ2) is 10.8. The van der Waals surface area contributed by atoms with Crippen molar-refractivity contribution in [2.75, 3.05) is 54.0 Å². The molecule has 1 fully saturated rings. The van der Waals surface area contributed by atoms with E-state index >= 15 is 0 Å². The topological polar surface area (TPSA) is 48.9 Å². The Bertz CT molecular complexity index is 230. The van der Waals surface area contributed by atoms with Gasteiger partial charge in [-0.2, -0.15) is 0 Å². The van der Waals surface area contributed by atoms with Gasteiger partial charge in [0.1, 0.15) is 0 Å². The Morgan fingerprint density at radius 3 is 2.56 bits per heavy atom. The lowest BCUT2D eigenvalue weighted by molar-refractivity contribution is 0.203. The predicted molar refractivity (Wildman–Crippen MR) is 86.9 cm³/mol. The molecule has 0 atom stereocenters. The molecule has 0 aromatic rings. The van der Waals surface area contributed by atoms with Gasteiger partial charge in [0.15, 0.2) is 5.96 Å². The van der Waals surface area contributed by atoms with Crippen molar-refractivity contribution in [1.82, 2.24) is 15.5 Å². The molecule has 0 aromatic heterocycles. The number of aliphatic imine (C=N–C) groups is 1. The van der Waals surface area contributed by atoms with E-state index in [-0.39, 0.29) is 24.0 Å². The van der Waals surface area contributed by atoms with Gasteiger partial charge >= 0.3 is 0 Å². The first-order chi connectivity index (χ1) is 8.26. The van der Waals surface area contributed by atoms with Gasteiger partial charge in [0.25, 0.3) is 0 Å². The van der Waals surface area contributed by atoms with Crippen molar-refractivity contribution >= 4 is 29.9 Å². The summed E-state index contributed by atoms with van der Waals surface area (Å²) in [5.74, 6) is 1.65. The number of methoxy groups -OCH3 is 1. The highest BCUT2D eigenvalue weighted by atomic mass is 127. The van der Waals surface area contributed by atoms with Crippen molar-refractivity contribution in [2.45, 2.75) is 12.8 Å². The van der Waals surface area contributed by atoms with Gasteiger partial charge in [-0.05, 0) is 38.9 Å². The molecule has 2 N–H and O–H groups in total. The van der Waals surface area contributed by atoms with E-state index in [0.29, 0.717) is 6.61 Å². The second-order valence-corrected chi connectivity index (χ2v) is 4.62. The summed E-state index contributed by atoms with van der Waals surface area (Å²) in [4.78, 5) is 6.58. The summed E-state index contributed by atoms with van der Waals surface area (Å²) in [6.07, 6.45) is 2.55. The lowest BCUT2D eigenvalue weighted by Crippen LogP contribution is -2.43. The van der Waals surface area contributed by atoms with Crippen LogP contribution in [0.15, 0.2) is 4.99 Å². The molecule has 0 aromatic carbocycles. The largest absolute Gasteiger partial charge is 0.383 e. The van der Waals surface area contributed by atoms with E-state index < -0.39 is 0 Å². The standard InChI is InChI=1S/C12H26N4O.HI/c1-13-12(14-6-9-17-3)15-10-11-4-7-16(2)8-5-11;/h11H,4-10H2,1-3H3,(H2,13,14,15);1H. The van der Waals surface area contributed by atoms with E-state index in [2.05, 4.69) is 27.6 Å². The van der Waals surface area contributed by atoms with Crippen LogP contribution in [-0.2, 0) is 4.74 Å². The van der Waals surface area contributed by atoms with Crippen LogP contribution >= 0.6 is 24.0 Å². The number of nitrogens with one attached hydrogen (secondary N) is 2. The highest BCUT2D eigenvalue weighted by Crippen LogP contribution is 2.14. The summed E-state index contributed by atoms with van der Waals surface area (Å²) >= 11 is 0. The van der Waals surface area contributed by atoms with Crippen molar-refractivity contribution in [3.8, 4) is 0 Å². The minimum absolute atomic E-state index is 0. The summed E-state index contributed by atoms with van der Waals surface area (Å²) < 4.78 is 4.99. The first-order valence-electron chi connectivity index (χ1n) is 6.38. The summed E-state index contributed by atoms with van der Waals surface area (Å²) in [6.45, 7) is 4.93. The molecule has 0 bridgehead atoms. The average molecular weight is 370 g/mol. The Labute approximate surface area is 128 Å². The van der Waals surface area contributed by atoms with Crippen LogP contribution < -0.4 is 10.6 Å². The molecular weight excluding hydrogens is 343 g/mol. The fourth-order valence-corrected chi connectivity index (χ4v) is 2.00. The number of piperidine rings is 1. The minimum Gasteiger partial charge on any atom is -0.383 e. The van der Waals surface area contributed by atoms with Crippen LogP contribution in [0.1, 0.15) is 12.8 Å². The molecule has 0 unspecified atom stereocenters. The number of hydrogen-bond donors (Lipinski definition) is 2. The number of likely N-dealkylation sites (tertiary alicyclic amines) is 1. The summed E-state index contributed by atoms with van der Waals surface area (Å²) in [5, 5.41) is 6.60. The fourth-order valence-electron chi connectivity index (χ4n) is 2.00. The van der Waals surface area contributed by atoms with E-state index in [9.17, 15) is 0 Å². The molecular formula is C12H27IN4O. The van der Waals surface area contributed by atoms with E-state index in [0.717, 1.165) is 25.0 Å². The molecule has 6 heteroatoms. The molecule has 1 aliphatic rings. The lowest BCUT2D eigenvalue weighted by atomic mass is 9.97. The van der Waals surface area contributed by atoms with Crippen LogP contribution in [0.4, 0.5) is 0 Å². The van der Waals surface area contributed by atoms with Gasteiger partial charge in [0.05, 0.1) is 6.61 Å². The molecule has 0 amide bonds. The normalized spacial score (nSPS) is 18.3. The zero-order valence-electron chi connectivity index (χ0n) is 11.7. The number of guanidine groups is 1. The van der Waals surface area contributed by atoms with Gasteiger partial charge in [0, 0.05) is 27.2 Å². The van der Waals surface area contributed by atoms with E-state index in [1.165, 1.54) is 25.9 Å². The van der Waals surface area contributed by atoms with Crippen molar-refractivity contribution in [3.05, 3.63) is 0 Å². The van der Waals surface area contributed by atoms with Gasteiger partial charge in [0.2, 0.25) is 0 Å². The predicted octanol–water partition coefficient (Wildman–Crippen LogP) is 0.758. The Kier molecular flexibility index (Phi) is 10.8. The van der Waals surface area contributed by atoms with Crippen LogP contribution in [0, 0.1) is 5.92 Å². The first-order valence-corrected chi connectivity index (χ1v) is 6.38. The Hall–Kier alpha value is -0.0800. The van der Waals surface area contributed by atoms with E-state index in [4.69, 9.17) is 4.74 Å². The third-order valence-electron chi connectivity index (χ3n) is 3.22. The highest BCUT2D eigenvalue weighted by Gasteiger charge is 2.16. The minimum atomic E-state index is 0. The second-order valence-electron chi connectivity index (χ2n) is 4.62. The van der Waals surface area contributed by atoms with Gasteiger partial charge in [-0.15, -0.1) is 24.0 Å². The molecule has 0 spiro atoms. The lowest BCUT2D eigenvalue weighted by Gasteiger charge is -2.29. The van der Waals surface area contributed by atoms with E-state index in [1.54, 1.807) is 14.2 Å². The Morgan fingerprint density at radius 2 is 2.00 bits per heavy atom. The summed E-state index contributed by atoms with van der Waals surface area (Å²) in [7, 11) is 5.70. The zero-order valence-corrected chi connectivity index (χ0v) is 14.1. The fraction of sp³-hybridized carbons (Fsp3) is 0.917. The van der Waals surface area contributed by atoms with Gasteiger partial charge < -0.3 is 20.3 Å². The SMILES string of the molecule is CN=C(NCCOC)NCC1CCN(C)CC1.I.